The Labute approximate surface area is 425 Å². The van der Waals surface area contributed by atoms with E-state index < -0.39 is 22.8 Å². The number of aryl methyl sites for hydroxylation is 1. The number of carbonyl (C=O) groups excluding carboxylic acids is 4. The van der Waals surface area contributed by atoms with Crippen LogP contribution in [0.4, 0.5) is 8.78 Å². The minimum atomic E-state index is -1.03. The molecule has 4 aromatic heterocycles. The normalized spacial score (nSPS) is 10.7. The Kier molecular flexibility index (Phi) is 17.5. The van der Waals surface area contributed by atoms with Gasteiger partial charge in [-0.2, -0.15) is 10.5 Å². The number of hydrogen-bond donors (Lipinski definition) is 4. The molecule has 14 nitrogen and oxygen atoms in total. The molecule has 0 aliphatic carbocycles. The minimum Gasteiger partial charge on any atom is -0.437 e. The minimum absolute atomic E-state index is 0. The fraction of sp³-hybridized carbons (Fsp3) is 0.179. The number of halogens is 3. The van der Waals surface area contributed by atoms with Crippen LogP contribution in [-0.4, -0.2) is 59.3 Å². The maximum absolute atomic E-state index is 13.5. The fourth-order valence-corrected chi connectivity index (χ4v) is 7.38. The van der Waals surface area contributed by atoms with Crippen LogP contribution in [0.25, 0.3) is 73.2 Å². The zero-order valence-electron chi connectivity index (χ0n) is 40.1. The molecule has 8 aromatic rings. The molecule has 0 aliphatic rings. The molecular weight excluding hydrogens is 954 g/mol. The average Bonchev–Trinajstić information content (AvgIpc) is 3.94. The van der Waals surface area contributed by atoms with Crippen LogP contribution in [0.15, 0.2) is 125 Å². The number of fused-ring (bicyclic) bond motifs is 2. The summed E-state index contributed by atoms with van der Waals surface area (Å²) in [6.45, 7) is 12.3. The summed E-state index contributed by atoms with van der Waals surface area (Å²) in [5, 5.41) is 29.0. The third-order valence-electron chi connectivity index (χ3n) is 10.8. The van der Waals surface area contributed by atoms with Crippen molar-refractivity contribution in [1.82, 2.24) is 31.2 Å². The molecule has 0 saturated carbocycles. The van der Waals surface area contributed by atoms with E-state index in [0.29, 0.717) is 67.6 Å². The first-order valence-corrected chi connectivity index (χ1v) is 22.4. The lowest BCUT2D eigenvalue weighted by molar-refractivity contribution is -0.110. The summed E-state index contributed by atoms with van der Waals surface area (Å²) in [5.41, 5.74) is 5.22. The van der Waals surface area contributed by atoms with Gasteiger partial charge >= 0.3 is 0 Å². The third kappa shape index (κ3) is 12.7. The van der Waals surface area contributed by atoms with Gasteiger partial charge in [-0.3, -0.25) is 19.2 Å². The van der Waals surface area contributed by atoms with Gasteiger partial charge in [-0.15, -0.1) is 0 Å². The monoisotopic (exact) mass is 1000 g/mol. The zero-order valence-corrected chi connectivity index (χ0v) is 40.9. The summed E-state index contributed by atoms with van der Waals surface area (Å²) in [5.74, 6) is -1.31. The molecule has 17 heteroatoms. The van der Waals surface area contributed by atoms with Gasteiger partial charge in [0.15, 0.2) is 0 Å². The van der Waals surface area contributed by atoms with Crippen LogP contribution < -0.4 is 21.3 Å². The first-order valence-electron chi connectivity index (χ1n) is 22.0. The average molecular weight is 1010 g/mol. The van der Waals surface area contributed by atoms with Crippen LogP contribution in [0.5, 0.6) is 0 Å². The summed E-state index contributed by atoms with van der Waals surface area (Å²) in [4.78, 5) is 56.9. The molecule has 4 heterocycles. The highest BCUT2D eigenvalue weighted by Crippen LogP contribution is 2.39. The van der Waals surface area contributed by atoms with Gasteiger partial charge in [0.25, 0.3) is 17.7 Å². The van der Waals surface area contributed by atoms with E-state index in [9.17, 15) is 33.2 Å². The number of nitriles is 2. The predicted octanol–water partition coefficient (Wildman–Crippen LogP) is 11.6. The van der Waals surface area contributed by atoms with Crippen LogP contribution in [0.1, 0.15) is 77.5 Å². The molecule has 0 spiro atoms. The Balaban J connectivity index is 0.000000237. The fourth-order valence-electron chi connectivity index (χ4n) is 7.14. The highest BCUT2D eigenvalue weighted by atomic mass is 35.5. The number of hydrogen-bond acceptors (Lipinski definition) is 10. The van der Waals surface area contributed by atoms with Crippen LogP contribution >= 0.6 is 11.6 Å². The Morgan fingerprint density at radius 3 is 1.60 bits per heavy atom. The molecule has 4 amide bonds. The molecule has 0 bridgehead atoms. The Morgan fingerprint density at radius 2 is 1.15 bits per heavy atom. The summed E-state index contributed by atoms with van der Waals surface area (Å²) in [6.07, 6.45) is 2.07. The van der Waals surface area contributed by atoms with Gasteiger partial charge in [-0.1, -0.05) is 67.6 Å². The molecule has 372 valence electrons. The van der Waals surface area contributed by atoms with Gasteiger partial charge in [-0.05, 0) is 125 Å². The number of nitrogens with one attached hydrogen (secondary N) is 4. The molecule has 0 aliphatic heterocycles. The summed E-state index contributed by atoms with van der Waals surface area (Å²) in [7, 11) is 3.05. The van der Waals surface area contributed by atoms with Crippen molar-refractivity contribution < 1.29 is 36.8 Å². The molecular formula is C56H51ClF2N8O6. The first-order chi connectivity index (χ1) is 34.3. The van der Waals surface area contributed by atoms with Crippen molar-refractivity contribution in [3.63, 3.8) is 0 Å². The van der Waals surface area contributed by atoms with Crippen LogP contribution in [0.2, 0.25) is 5.15 Å². The molecule has 4 aromatic carbocycles. The Hall–Kier alpha value is -8.99. The maximum Gasteiger partial charge on any atom is 0.255 e. The number of rotatable bonds is 11. The second-order valence-corrected chi connectivity index (χ2v) is 17.4. The molecule has 8 rings (SSSR count). The van der Waals surface area contributed by atoms with Crippen molar-refractivity contribution in [2.75, 3.05) is 14.1 Å². The van der Waals surface area contributed by atoms with Crippen molar-refractivity contribution in [1.29, 1.82) is 10.5 Å². The smallest absolute Gasteiger partial charge is 0.255 e. The Morgan fingerprint density at radius 1 is 0.671 bits per heavy atom. The highest BCUT2D eigenvalue weighted by molar-refractivity contribution is 6.32. The van der Waals surface area contributed by atoms with Gasteiger partial charge in [-0.25, -0.2) is 18.7 Å². The summed E-state index contributed by atoms with van der Waals surface area (Å²) >= 11 is 6.41. The maximum atomic E-state index is 13.5. The summed E-state index contributed by atoms with van der Waals surface area (Å²) in [6, 6.07) is 33.6. The number of nitrogens with zero attached hydrogens (tertiary/aromatic N) is 4. The van der Waals surface area contributed by atoms with Crippen molar-refractivity contribution in [3.05, 3.63) is 161 Å². The van der Waals surface area contributed by atoms with Gasteiger partial charge in [0, 0.05) is 41.9 Å². The lowest BCUT2D eigenvalue weighted by Crippen LogP contribution is -2.42. The molecule has 0 atom stereocenters. The molecule has 73 heavy (non-hydrogen) atoms. The number of pyridine rings is 2. The molecule has 0 fully saturated rings. The second kappa shape index (κ2) is 23.3. The zero-order chi connectivity index (χ0) is 52.5. The van der Waals surface area contributed by atoms with Crippen molar-refractivity contribution in [3.8, 4) is 57.0 Å². The van der Waals surface area contributed by atoms with Crippen LogP contribution in [0, 0.1) is 41.2 Å². The Bertz CT molecular complexity index is 3460. The third-order valence-corrected chi connectivity index (χ3v) is 11.1. The lowest BCUT2D eigenvalue weighted by Gasteiger charge is -2.17. The number of aromatic nitrogens is 2. The largest absolute Gasteiger partial charge is 0.437 e. The van der Waals surface area contributed by atoms with E-state index in [0.717, 1.165) is 11.1 Å². The van der Waals surface area contributed by atoms with Gasteiger partial charge in [0.1, 0.15) is 39.4 Å². The van der Waals surface area contributed by atoms with Crippen molar-refractivity contribution in [2.45, 2.75) is 53.1 Å². The molecule has 0 radical (unpaired) electrons. The van der Waals surface area contributed by atoms with E-state index in [2.05, 4.69) is 37.8 Å². The number of carbonyl (C=O) groups is 4. The number of amides is 4. The quantitative estimate of drug-likeness (QED) is 0.0710. The van der Waals surface area contributed by atoms with Gasteiger partial charge in [0.05, 0.1) is 39.7 Å². The standard InChI is InChI=1S/C28H23FN4O3.C22H16ClFN2O2.C5H8N2O.CH4/c1-5-22-20(17-7-6-8-18(13-17)25(34)33-28(2,3)15-30)14-21-23(26(35)31-4)24(36-27(21)32-22)16-9-11-19(29)12-10-16;1-12-4-3-5-14(10-12)16-11-17-18(21(27)25-2)19(28-22(17)26-20(16)23)13-6-8-15(24)9-7-13;1-5(2,3-6)7-4-8;/h5-14H,1H2,2-4H3,(H,31,35)(H,33,34);3-11H,1-2H3,(H,25,27);4H,1-2H3,(H,7,8);1H4. The van der Waals surface area contributed by atoms with E-state index in [1.807, 2.05) is 49.4 Å². The topological polar surface area (TPSA) is 216 Å². The lowest BCUT2D eigenvalue weighted by atomic mass is 9.98. The summed E-state index contributed by atoms with van der Waals surface area (Å²) < 4.78 is 38.7. The van der Waals surface area contributed by atoms with Crippen LogP contribution in [-0.2, 0) is 4.79 Å². The predicted molar refractivity (Wildman–Crippen MR) is 279 cm³/mol. The molecule has 4 N–H and O–H groups in total. The molecule has 0 unspecified atom stereocenters. The van der Waals surface area contributed by atoms with Crippen molar-refractivity contribution >= 4 is 64.0 Å². The molecule has 0 saturated heterocycles. The van der Waals surface area contributed by atoms with Gasteiger partial charge in [0.2, 0.25) is 17.8 Å². The van der Waals surface area contributed by atoms with E-state index in [1.54, 1.807) is 83.3 Å². The second-order valence-electron chi connectivity index (χ2n) is 17.1. The van der Waals surface area contributed by atoms with E-state index in [4.69, 9.17) is 25.7 Å². The van der Waals surface area contributed by atoms with Crippen molar-refractivity contribution in [2.24, 2.45) is 0 Å². The van der Waals surface area contributed by atoms with Gasteiger partial charge < -0.3 is 30.1 Å². The van der Waals surface area contributed by atoms with E-state index in [1.165, 1.54) is 43.4 Å². The highest BCUT2D eigenvalue weighted by Gasteiger charge is 2.27. The van der Waals surface area contributed by atoms with Crippen LogP contribution in [0.3, 0.4) is 0 Å². The number of benzene rings is 4. The van der Waals surface area contributed by atoms with E-state index in [-0.39, 0.29) is 53.0 Å². The number of furan rings is 2. The first kappa shape index (κ1) is 54.9. The van der Waals surface area contributed by atoms with E-state index >= 15 is 0 Å². The SMILES string of the molecule is C.C=Cc1nc2oc(-c3ccc(F)cc3)c(C(=O)NC)c2cc1-c1cccc(C(=O)NC(C)(C)C#N)c1.CC(C)(C#N)NC=O.CNC(=O)c1c(-c2ccc(F)cc2)oc2nc(Cl)c(-c3cccc(C)c3)cc12.